The van der Waals surface area contributed by atoms with Crippen LogP contribution >= 0.6 is 22.9 Å². The van der Waals surface area contributed by atoms with Crippen molar-refractivity contribution in [3.8, 4) is 0 Å². The molecule has 16 heavy (non-hydrogen) atoms. The minimum absolute atomic E-state index is 0.0115. The standard InChI is InChI=1S/C12H14ClNOS/c1-3-4-5-6-12(15)14(2)9-10-7-8-11(13)16-10/h3-8H,9H2,1-2H3/b4-3+,6-5+. The molecule has 0 aliphatic heterocycles. The summed E-state index contributed by atoms with van der Waals surface area (Å²) in [5.74, 6) is -0.0115. The number of carbonyl (C=O) groups excluding carboxylic acids is 1. The van der Waals surface area contributed by atoms with E-state index in [9.17, 15) is 4.79 Å². The van der Waals surface area contributed by atoms with Crippen molar-refractivity contribution < 1.29 is 4.79 Å². The van der Waals surface area contributed by atoms with Gasteiger partial charge in [-0.3, -0.25) is 4.79 Å². The molecule has 0 bridgehead atoms. The molecular formula is C12H14ClNOS. The first-order chi connectivity index (χ1) is 7.63. The summed E-state index contributed by atoms with van der Waals surface area (Å²) in [6.45, 7) is 2.50. The van der Waals surface area contributed by atoms with Gasteiger partial charge in [0.15, 0.2) is 0 Å². The molecule has 0 unspecified atom stereocenters. The van der Waals surface area contributed by atoms with E-state index in [1.165, 1.54) is 11.3 Å². The van der Waals surface area contributed by atoms with Gasteiger partial charge in [-0.1, -0.05) is 29.8 Å². The number of carbonyl (C=O) groups is 1. The number of rotatable bonds is 4. The highest BCUT2D eigenvalue weighted by Gasteiger charge is 2.06. The third-order valence-electron chi connectivity index (χ3n) is 1.94. The molecule has 1 aromatic rings. The topological polar surface area (TPSA) is 20.3 Å². The first-order valence-corrected chi connectivity index (χ1v) is 6.11. The molecule has 0 atom stereocenters. The zero-order valence-corrected chi connectivity index (χ0v) is 10.9. The normalized spacial score (nSPS) is 11.4. The highest BCUT2D eigenvalue weighted by atomic mass is 35.5. The van der Waals surface area contributed by atoms with Gasteiger partial charge in [-0.05, 0) is 19.1 Å². The lowest BCUT2D eigenvalue weighted by molar-refractivity contribution is -0.125. The molecular weight excluding hydrogens is 242 g/mol. The van der Waals surface area contributed by atoms with E-state index in [4.69, 9.17) is 11.6 Å². The number of hydrogen-bond donors (Lipinski definition) is 0. The van der Waals surface area contributed by atoms with Gasteiger partial charge in [0.1, 0.15) is 0 Å². The van der Waals surface area contributed by atoms with Crippen LogP contribution in [0, 0.1) is 0 Å². The number of halogens is 1. The molecule has 0 saturated carbocycles. The van der Waals surface area contributed by atoms with E-state index in [-0.39, 0.29) is 5.91 Å². The van der Waals surface area contributed by atoms with E-state index in [1.54, 1.807) is 24.1 Å². The summed E-state index contributed by atoms with van der Waals surface area (Å²) in [5, 5.41) is 0. The average molecular weight is 256 g/mol. The number of nitrogens with zero attached hydrogens (tertiary/aromatic N) is 1. The van der Waals surface area contributed by atoms with E-state index < -0.39 is 0 Å². The summed E-state index contributed by atoms with van der Waals surface area (Å²) in [7, 11) is 1.77. The molecule has 2 nitrogen and oxygen atoms in total. The lowest BCUT2D eigenvalue weighted by Gasteiger charge is -2.13. The molecule has 0 aromatic carbocycles. The van der Waals surface area contributed by atoms with Crippen LogP contribution in [-0.2, 0) is 11.3 Å². The quantitative estimate of drug-likeness (QED) is 0.596. The maximum absolute atomic E-state index is 11.6. The second-order valence-electron chi connectivity index (χ2n) is 3.29. The van der Waals surface area contributed by atoms with Gasteiger partial charge in [-0.15, -0.1) is 11.3 Å². The maximum atomic E-state index is 11.6. The Morgan fingerprint density at radius 2 is 2.25 bits per heavy atom. The zero-order chi connectivity index (χ0) is 12.0. The molecule has 0 spiro atoms. The molecule has 0 N–H and O–H groups in total. The minimum Gasteiger partial charge on any atom is -0.337 e. The van der Waals surface area contributed by atoms with Crippen molar-refractivity contribution in [2.75, 3.05) is 7.05 Å². The summed E-state index contributed by atoms with van der Waals surface area (Å²) in [6, 6.07) is 3.78. The Kier molecular flexibility index (Phi) is 5.29. The lowest BCUT2D eigenvalue weighted by atomic mass is 10.4. The maximum Gasteiger partial charge on any atom is 0.246 e. The molecule has 0 radical (unpaired) electrons. The fourth-order valence-corrected chi connectivity index (χ4v) is 2.27. The van der Waals surface area contributed by atoms with Crippen molar-refractivity contribution in [1.82, 2.24) is 4.90 Å². The van der Waals surface area contributed by atoms with Crippen LogP contribution in [0.4, 0.5) is 0 Å². The molecule has 4 heteroatoms. The van der Waals surface area contributed by atoms with Crippen molar-refractivity contribution in [2.45, 2.75) is 13.5 Å². The van der Waals surface area contributed by atoms with Crippen LogP contribution in [0.5, 0.6) is 0 Å². The third-order valence-corrected chi connectivity index (χ3v) is 3.16. The predicted octanol–water partition coefficient (Wildman–Crippen LogP) is 3.49. The van der Waals surface area contributed by atoms with E-state index in [0.717, 1.165) is 9.21 Å². The first kappa shape index (κ1) is 13.0. The van der Waals surface area contributed by atoms with Crippen molar-refractivity contribution >= 4 is 28.8 Å². The van der Waals surface area contributed by atoms with E-state index in [1.807, 2.05) is 31.2 Å². The van der Waals surface area contributed by atoms with E-state index in [0.29, 0.717) is 6.54 Å². The molecule has 1 heterocycles. The molecule has 0 saturated heterocycles. The van der Waals surface area contributed by atoms with E-state index in [2.05, 4.69) is 0 Å². The fraction of sp³-hybridized carbons (Fsp3) is 0.250. The Morgan fingerprint density at radius 3 is 2.81 bits per heavy atom. The smallest absolute Gasteiger partial charge is 0.246 e. The van der Waals surface area contributed by atoms with Gasteiger partial charge in [-0.25, -0.2) is 0 Å². The van der Waals surface area contributed by atoms with Crippen molar-refractivity contribution in [2.24, 2.45) is 0 Å². The number of likely N-dealkylation sites (N-methyl/N-ethyl adjacent to an activating group) is 1. The van der Waals surface area contributed by atoms with Crippen LogP contribution in [0.25, 0.3) is 0 Å². The SMILES string of the molecule is C/C=C/C=C/C(=O)N(C)Cc1ccc(Cl)s1. The molecule has 1 aromatic heterocycles. The molecule has 0 fully saturated rings. The van der Waals surface area contributed by atoms with Gasteiger partial charge in [0.05, 0.1) is 10.9 Å². The summed E-state index contributed by atoms with van der Waals surface area (Å²) >= 11 is 7.31. The van der Waals surface area contributed by atoms with Crippen molar-refractivity contribution in [1.29, 1.82) is 0 Å². The molecule has 1 rings (SSSR count). The summed E-state index contributed by atoms with van der Waals surface area (Å²) in [6.07, 6.45) is 6.99. The molecule has 1 amide bonds. The van der Waals surface area contributed by atoms with Crippen LogP contribution in [-0.4, -0.2) is 17.9 Å². The summed E-state index contributed by atoms with van der Waals surface area (Å²) < 4.78 is 0.750. The van der Waals surface area contributed by atoms with Gasteiger partial charge in [0.2, 0.25) is 5.91 Å². The van der Waals surface area contributed by atoms with Gasteiger partial charge in [0, 0.05) is 18.0 Å². The summed E-state index contributed by atoms with van der Waals surface area (Å²) in [4.78, 5) is 14.3. The monoisotopic (exact) mass is 255 g/mol. The number of allylic oxidation sites excluding steroid dienone is 3. The Balaban J connectivity index is 2.52. The number of hydrogen-bond acceptors (Lipinski definition) is 2. The number of amides is 1. The Labute approximate surface area is 105 Å². The molecule has 0 aliphatic carbocycles. The summed E-state index contributed by atoms with van der Waals surface area (Å²) in [5.41, 5.74) is 0. The highest BCUT2D eigenvalue weighted by molar-refractivity contribution is 7.16. The minimum atomic E-state index is -0.0115. The van der Waals surface area contributed by atoms with Crippen LogP contribution in [0.2, 0.25) is 4.34 Å². The predicted molar refractivity (Wildman–Crippen MR) is 69.8 cm³/mol. The van der Waals surface area contributed by atoms with E-state index >= 15 is 0 Å². The van der Waals surface area contributed by atoms with Crippen LogP contribution in [0.3, 0.4) is 0 Å². The zero-order valence-electron chi connectivity index (χ0n) is 9.31. The Morgan fingerprint density at radius 1 is 1.50 bits per heavy atom. The van der Waals surface area contributed by atoms with Crippen LogP contribution in [0.1, 0.15) is 11.8 Å². The second kappa shape index (κ2) is 6.51. The highest BCUT2D eigenvalue weighted by Crippen LogP contribution is 2.22. The van der Waals surface area contributed by atoms with Gasteiger partial charge in [-0.2, -0.15) is 0 Å². The largest absolute Gasteiger partial charge is 0.337 e. The lowest BCUT2D eigenvalue weighted by Crippen LogP contribution is -2.23. The van der Waals surface area contributed by atoms with Gasteiger partial charge >= 0.3 is 0 Å². The van der Waals surface area contributed by atoms with Crippen molar-refractivity contribution in [3.63, 3.8) is 0 Å². The molecule has 0 aliphatic rings. The number of thiophene rings is 1. The third kappa shape index (κ3) is 4.21. The average Bonchev–Trinajstić information content (AvgIpc) is 2.64. The van der Waals surface area contributed by atoms with Gasteiger partial charge < -0.3 is 4.90 Å². The Bertz CT molecular complexity index is 409. The van der Waals surface area contributed by atoms with Crippen LogP contribution in [0.15, 0.2) is 36.4 Å². The second-order valence-corrected chi connectivity index (χ2v) is 5.08. The first-order valence-electron chi connectivity index (χ1n) is 4.92. The van der Waals surface area contributed by atoms with Crippen molar-refractivity contribution in [3.05, 3.63) is 45.7 Å². The molecule has 86 valence electrons. The Hall–Kier alpha value is -1.06. The van der Waals surface area contributed by atoms with Gasteiger partial charge in [0.25, 0.3) is 0 Å². The fourth-order valence-electron chi connectivity index (χ4n) is 1.12. The van der Waals surface area contributed by atoms with Crippen LogP contribution < -0.4 is 0 Å².